The first-order chi connectivity index (χ1) is 19.5. The lowest BCUT2D eigenvalue weighted by Crippen LogP contribution is -2.46. The van der Waals surface area contributed by atoms with Gasteiger partial charge in [-0.3, -0.25) is 14.5 Å². The van der Waals surface area contributed by atoms with Crippen molar-refractivity contribution in [1.82, 2.24) is 9.80 Å². The second-order valence-corrected chi connectivity index (χ2v) is 11.0. The van der Waals surface area contributed by atoms with Crippen molar-refractivity contribution < 1.29 is 23.8 Å². The molecule has 5 rings (SSSR count). The molecule has 3 aromatic rings. The molecular formula is C31H37N3O5S. The largest absolute Gasteiger partial charge is 0.493 e. The molecule has 0 bridgehead atoms. The monoisotopic (exact) mass is 563 g/mol. The molecule has 2 aliphatic heterocycles. The van der Waals surface area contributed by atoms with E-state index in [0.717, 1.165) is 44.0 Å². The van der Waals surface area contributed by atoms with Gasteiger partial charge >= 0.3 is 0 Å². The SMILES string of the molecule is CCN1CCN(c2cccc3c2C(=O)N([C@H](CCCOCc2cccs2)c2ccc(OC)c(OC)c2)C3=O)CC1. The second-order valence-electron chi connectivity index (χ2n) is 10.0. The van der Waals surface area contributed by atoms with Crippen LogP contribution in [0.4, 0.5) is 5.69 Å². The van der Waals surface area contributed by atoms with Gasteiger partial charge in [0.25, 0.3) is 11.8 Å². The molecule has 2 aliphatic rings. The molecule has 8 nitrogen and oxygen atoms in total. The fourth-order valence-corrected chi connectivity index (χ4v) is 6.23. The number of benzene rings is 2. The highest BCUT2D eigenvalue weighted by Crippen LogP contribution is 2.40. The van der Waals surface area contributed by atoms with Crippen molar-refractivity contribution >= 4 is 28.8 Å². The normalized spacial score (nSPS) is 16.4. The van der Waals surface area contributed by atoms with Gasteiger partial charge in [-0.25, -0.2) is 0 Å². The predicted octanol–water partition coefficient (Wildman–Crippen LogP) is 5.24. The summed E-state index contributed by atoms with van der Waals surface area (Å²) in [5.41, 5.74) is 2.65. The molecule has 0 spiro atoms. The third-order valence-electron chi connectivity index (χ3n) is 7.78. The van der Waals surface area contributed by atoms with Crippen LogP contribution in [0.5, 0.6) is 11.5 Å². The van der Waals surface area contributed by atoms with Crippen LogP contribution in [0.3, 0.4) is 0 Å². The molecule has 0 radical (unpaired) electrons. The van der Waals surface area contributed by atoms with Crippen LogP contribution in [0.2, 0.25) is 0 Å². The van der Waals surface area contributed by atoms with Crippen LogP contribution in [0, 0.1) is 0 Å². The average Bonchev–Trinajstić information content (AvgIpc) is 3.61. The number of amides is 2. The lowest BCUT2D eigenvalue weighted by Gasteiger charge is -2.36. The number of methoxy groups -OCH3 is 2. The Morgan fingerprint density at radius 2 is 1.73 bits per heavy atom. The van der Waals surface area contributed by atoms with Crippen LogP contribution in [0.15, 0.2) is 53.9 Å². The summed E-state index contributed by atoms with van der Waals surface area (Å²) in [4.78, 5) is 35.2. The van der Waals surface area contributed by atoms with E-state index in [-0.39, 0.29) is 11.8 Å². The van der Waals surface area contributed by atoms with Crippen LogP contribution in [-0.2, 0) is 11.3 Å². The molecule has 9 heteroatoms. The van der Waals surface area contributed by atoms with Gasteiger partial charge in [-0.15, -0.1) is 11.3 Å². The highest BCUT2D eigenvalue weighted by atomic mass is 32.1. The van der Waals surface area contributed by atoms with E-state index in [0.29, 0.717) is 48.7 Å². The molecule has 1 aromatic heterocycles. The van der Waals surface area contributed by atoms with E-state index < -0.39 is 6.04 Å². The number of hydrogen-bond donors (Lipinski definition) is 0. The van der Waals surface area contributed by atoms with Gasteiger partial charge in [-0.05, 0) is 60.7 Å². The smallest absolute Gasteiger partial charge is 0.264 e. The van der Waals surface area contributed by atoms with Gasteiger partial charge in [0.15, 0.2) is 11.5 Å². The Morgan fingerprint density at radius 3 is 2.42 bits per heavy atom. The summed E-state index contributed by atoms with van der Waals surface area (Å²) in [7, 11) is 3.17. The summed E-state index contributed by atoms with van der Waals surface area (Å²) >= 11 is 1.67. The Bertz CT molecular complexity index is 1320. The van der Waals surface area contributed by atoms with E-state index in [9.17, 15) is 9.59 Å². The predicted molar refractivity (Wildman–Crippen MR) is 157 cm³/mol. The molecule has 3 heterocycles. The van der Waals surface area contributed by atoms with Crippen molar-refractivity contribution in [3.05, 3.63) is 75.5 Å². The van der Waals surface area contributed by atoms with Crippen LogP contribution in [0.25, 0.3) is 0 Å². The Labute approximate surface area is 240 Å². The van der Waals surface area contributed by atoms with E-state index in [2.05, 4.69) is 22.8 Å². The van der Waals surface area contributed by atoms with E-state index in [4.69, 9.17) is 14.2 Å². The molecule has 212 valence electrons. The number of carbonyl (C=O) groups is 2. The number of ether oxygens (including phenoxy) is 3. The first-order valence-electron chi connectivity index (χ1n) is 13.9. The Balaban J connectivity index is 1.41. The number of thiophene rings is 1. The zero-order valence-electron chi connectivity index (χ0n) is 23.4. The molecule has 1 saturated heterocycles. The Hall–Kier alpha value is -3.40. The van der Waals surface area contributed by atoms with Crippen LogP contribution in [0.1, 0.15) is 57.0 Å². The van der Waals surface area contributed by atoms with Crippen molar-refractivity contribution in [2.24, 2.45) is 0 Å². The maximum absolute atomic E-state index is 14.1. The molecule has 40 heavy (non-hydrogen) atoms. The second kappa shape index (κ2) is 12.8. The van der Waals surface area contributed by atoms with Gasteiger partial charge in [0, 0.05) is 37.7 Å². The highest BCUT2D eigenvalue weighted by molar-refractivity contribution is 7.09. The molecule has 1 fully saturated rings. The van der Waals surface area contributed by atoms with Gasteiger partial charge in [-0.1, -0.05) is 25.1 Å². The number of likely N-dealkylation sites (N-methyl/N-ethyl adjacent to an activating group) is 1. The number of fused-ring (bicyclic) bond motifs is 1. The molecular weight excluding hydrogens is 526 g/mol. The van der Waals surface area contributed by atoms with Crippen LogP contribution >= 0.6 is 11.3 Å². The number of anilines is 1. The molecule has 1 atom stereocenters. The number of piperazine rings is 1. The minimum absolute atomic E-state index is 0.243. The summed E-state index contributed by atoms with van der Waals surface area (Å²) in [6.45, 7) is 7.78. The minimum Gasteiger partial charge on any atom is -0.493 e. The van der Waals surface area contributed by atoms with Crippen molar-refractivity contribution in [1.29, 1.82) is 0 Å². The number of imide groups is 1. The first kappa shape index (κ1) is 28.1. The average molecular weight is 564 g/mol. The fourth-order valence-electron chi connectivity index (χ4n) is 5.59. The van der Waals surface area contributed by atoms with Crippen molar-refractivity contribution in [3.63, 3.8) is 0 Å². The number of rotatable bonds is 12. The minimum atomic E-state index is -0.470. The topological polar surface area (TPSA) is 71.6 Å². The summed E-state index contributed by atoms with van der Waals surface area (Å²) in [5.74, 6) is 0.659. The van der Waals surface area contributed by atoms with Crippen molar-refractivity contribution in [3.8, 4) is 11.5 Å². The summed E-state index contributed by atoms with van der Waals surface area (Å²) in [6, 6.07) is 14.8. The number of carbonyl (C=O) groups excluding carboxylic acids is 2. The van der Waals surface area contributed by atoms with Crippen molar-refractivity contribution in [2.45, 2.75) is 32.4 Å². The van der Waals surface area contributed by atoms with Crippen molar-refractivity contribution in [2.75, 3.05) is 58.5 Å². The first-order valence-corrected chi connectivity index (χ1v) is 14.7. The third-order valence-corrected chi connectivity index (χ3v) is 8.63. The summed E-state index contributed by atoms with van der Waals surface area (Å²) < 4.78 is 16.9. The molecule has 2 amide bonds. The quantitative estimate of drug-likeness (QED) is 0.220. The number of hydrogen-bond acceptors (Lipinski definition) is 8. The summed E-state index contributed by atoms with van der Waals surface area (Å²) in [5, 5.41) is 2.03. The zero-order valence-corrected chi connectivity index (χ0v) is 24.2. The molecule has 2 aromatic carbocycles. The lowest BCUT2D eigenvalue weighted by atomic mass is 9.99. The third kappa shape index (κ3) is 5.73. The Kier molecular flexibility index (Phi) is 9.04. The van der Waals surface area contributed by atoms with E-state index >= 15 is 0 Å². The fraction of sp³-hybridized carbons (Fsp3) is 0.419. The number of nitrogens with zero attached hydrogens (tertiary/aromatic N) is 3. The zero-order chi connectivity index (χ0) is 28.1. The maximum atomic E-state index is 14.1. The molecule has 0 aliphatic carbocycles. The van der Waals surface area contributed by atoms with Crippen LogP contribution in [-0.4, -0.2) is 75.2 Å². The molecule has 0 saturated carbocycles. The van der Waals surface area contributed by atoms with Crippen LogP contribution < -0.4 is 14.4 Å². The molecule has 0 N–H and O–H groups in total. The van der Waals surface area contributed by atoms with Gasteiger partial charge < -0.3 is 24.0 Å². The molecule has 0 unspecified atom stereocenters. The Morgan fingerprint density at radius 1 is 0.925 bits per heavy atom. The van der Waals surface area contributed by atoms with Gasteiger partial charge in [0.2, 0.25) is 0 Å². The van der Waals surface area contributed by atoms with Gasteiger partial charge in [-0.2, -0.15) is 0 Å². The standard InChI is InChI=1S/C31H37N3O5S/c1-4-32-14-16-33(17-15-32)26-10-5-9-24-29(26)31(36)34(30(24)35)25(11-6-18-39-21-23-8-7-19-40-23)22-12-13-27(37-2)28(20-22)38-3/h5,7-10,12-13,19-20,25H,4,6,11,14-18,21H2,1-3H3/t25-/m1/s1. The highest BCUT2D eigenvalue weighted by Gasteiger charge is 2.43. The van der Waals surface area contributed by atoms with E-state index in [1.165, 1.54) is 9.78 Å². The summed E-state index contributed by atoms with van der Waals surface area (Å²) in [6.07, 6.45) is 1.25. The van der Waals surface area contributed by atoms with E-state index in [1.54, 1.807) is 31.6 Å². The van der Waals surface area contributed by atoms with E-state index in [1.807, 2.05) is 41.8 Å². The van der Waals surface area contributed by atoms with Gasteiger partial charge in [0.05, 0.1) is 43.7 Å². The lowest BCUT2D eigenvalue weighted by molar-refractivity contribution is 0.0553. The maximum Gasteiger partial charge on any atom is 0.264 e. The van der Waals surface area contributed by atoms with Gasteiger partial charge in [0.1, 0.15) is 0 Å².